The van der Waals surface area contributed by atoms with Crippen LogP contribution in [0.3, 0.4) is 0 Å². The van der Waals surface area contributed by atoms with Gasteiger partial charge in [0.25, 0.3) is 5.91 Å². The summed E-state index contributed by atoms with van der Waals surface area (Å²) in [5.41, 5.74) is 4.46. The SMILES string of the molecule is CCCCN(CCCC)c1ccc(C=C2C(=O)N(c3ccccc3)N=C2C)cc1. The number of carbonyl (C=O) groups is 1. The summed E-state index contributed by atoms with van der Waals surface area (Å²) in [7, 11) is 0. The smallest absolute Gasteiger partial charge is 0.280 e. The van der Waals surface area contributed by atoms with Crippen LogP contribution in [0.25, 0.3) is 6.08 Å². The average molecular weight is 390 g/mol. The van der Waals surface area contributed by atoms with Crippen molar-refractivity contribution >= 4 is 29.1 Å². The van der Waals surface area contributed by atoms with Gasteiger partial charge in [-0.05, 0) is 55.7 Å². The number of hydrogen-bond donors (Lipinski definition) is 0. The Bertz CT molecular complexity index is 861. The van der Waals surface area contributed by atoms with Gasteiger partial charge in [0.2, 0.25) is 0 Å². The molecule has 2 aromatic carbocycles. The van der Waals surface area contributed by atoms with Gasteiger partial charge in [0.05, 0.1) is 17.0 Å². The fourth-order valence-corrected chi connectivity index (χ4v) is 3.44. The van der Waals surface area contributed by atoms with Gasteiger partial charge in [-0.2, -0.15) is 10.1 Å². The summed E-state index contributed by atoms with van der Waals surface area (Å²) in [4.78, 5) is 15.3. The second-order valence-electron chi connectivity index (χ2n) is 7.48. The third kappa shape index (κ3) is 5.14. The maximum atomic E-state index is 12.9. The molecular weight excluding hydrogens is 358 g/mol. The molecule has 0 fully saturated rings. The molecule has 1 amide bonds. The molecular formula is C25H31N3O. The minimum atomic E-state index is -0.0784. The van der Waals surface area contributed by atoms with E-state index in [0.29, 0.717) is 5.57 Å². The highest BCUT2D eigenvalue weighted by Crippen LogP contribution is 2.25. The number of benzene rings is 2. The normalized spacial score (nSPS) is 15.1. The molecule has 1 aliphatic heterocycles. The van der Waals surface area contributed by atoms with Crippen molar-refractivity contribution in [1.29, 1.82) is 0 Å². The molecule has 1 heterocycles. The topological polar surface area (TPSA) is 35.9 Å². The maximum absolute atomic E-state index is 12.9. The molecule has 0 aliphatic carbocycles. The first kappa shape index (κ1) is 20.8. The van der Waals surface area contributed by atoms with Gasteiger partial charge >= 0.3 is 0 Å². The van der Waals surface area contributed by atoms with Crippen molar-refractivity contribution in [3.63, 3.8) is 0 Å². The van der Waals surface area contributed by atoms with Gasteiger partial charge in [0.1, 0.15) is 0 Å². The molecule has 0 unspecified atom stereocenters. The van der Waals surface area contributed by atoms with E-state index in [4.69, 9.17) is 0 Å². The Kier molecular flexibility index (Phi) is 7.23. The standard InChI is InChI=1S/C25H31N3O/c1-4-6-17-27(18-7-5-2)22-15-13-21(14-16-22)19-24-20(3)26-28(25(24)29)23-11-9-8-10-12-23/h8-16,19H,4-7,17-18H2,1-3H3. The van der Waals surface area contributed by atoms with Crippen molar-refractivity contribution < 1.29 is 4.79 Å². The van der Waals surface area contributed by atoms with Crippen molar-refractivity contribution in [1.82, 2.24) is 0 Å². The summed E-state index contributed by atoms with van der Waals surface area (Å²) in [5.74, 6) is -0.0784. The number of amides is 1. The van der Waals surface area contributed by atoms with Gasteiger partial charge in [0, 0.05) is 18.8 Å². The van der Waals surface area contributed by atoms with Gasteiger partial charge < -0.3 is 4.90 Å². The summed E-state index contributed by atoms with van der Waals surface area (Å²) in [6, 6.07) is 18.1. The van der Waals surface area contributed by atoms with E-state index >= 15 is 0 Å². The van der Waals surface area contributed by atoms with E-state index in [0.717, 1.165) is 30.1 Å². The molecule has 2 aromatic rings. The maximum Gasteiger partial charge on any atom is 0.280 e. The van der Waals surface area contributed by atoms with E-state index in [9.17, 15) is 4.79 Å². The number of nitrogens with zero attached hydrogens (tertiary/aromatic N) is 3. The Balaban J connectivity index is 1.77. The molecule has 4 heteroatoms. The second kappa shape index (κ2) is 10.1. The molecule has 1 aliphatic rings. The van der Waals surface area contributed by atoms with E-state index in [1.54, 1.807) is 0 Å². The van der Waals surface area contributed by atoms with Gasteiger partial charge in [-0.1, -0.05) is 57.0 Å². The largest absolute Gasteiger partial charge is 0.372 e. The Morgan fingerprint density at radius 1 is 0.931 bits per heavy atom. The molecule has 0 aromatic heterocycles. The van der Waals surface area contributed by atoms with E-state index in [1.807, 2.05) is 43.3 Å². The number of hydrogen-bond acceptors (Lipinski definition) is 3. The summed E-state index contributed by atoms with van der Waals surface area (Å²) in [6.07, 6.45) is 6.75. The number of anilines is 2. The molecule has 0 saturated heterocycles. The van der Waals surface area contributed by atoms with Crippen molar-refractivity contribution in [3.8, 4) is 0 Å². The highest BCUT2D eigenvalue weighted by Gasteiger charge is 2.28. The zero-order chi connectivity index (χ0) is 20.6. The van der Waals surface area contributed by atoms with E-state index in [2.05, 4.69) is 48.1 Å². The summed E-state index contributed by atoms with van der Waals surface area (Å²) < 4.78 is 0. The lowest BCUT2D eigenvalue weighted by atomic mass is 10.1. The summed E-state index contributed by atoms with van der Waals surface area (Å²) in [6.45, 7) is 8.53. The molecule has 0 spiro atoms. The minimum absolute atomic E-state index is 0.0784. The lowest BCUT2D eigenvalue weighted by Crippen LogP contribution is -2.25. The number of hydrazone groups is 1. The second-order valence-corrected chi connectivity index (χ2v) is 7.48. The average Bonchev–Trinajstić information content (AvgIpc) is 3.03. The van der Waals surface area contributed by atoms with E-state index < -0.39 is 0 Å². The monoisotopic (exact) mass is 389 g/mol. The first-order valence-electron chi connectivity index (χ1n) is 10.7. The predicted molar refractivity (Wildman–Crippen MR) is 123 cm³/mol. The Morgan fingerprint density at radius 3 is 2.14 bits per heavy atom. The zero-order valence-electron chi connectivity index (χ0n) is 17.8. The van der Waals surface area contributed by atoms with E-state index in [1.165, 1.54) is 36.4 Å². The van der Waals surface area contributed by atoms with Crippen LogP contribution in [0.2, 0.25) is 0 Å². The summed E-state index contributed by atoms with van der Waals surface area (Å²) >= 11 is 0. The van der Waals surface area contributed by atoms with Crippen LogP contribution in [0.5, 0.6) is 0 Å². The van der Waals surface area contributed by atoms with Crippen LogP contribution in [-0.2, 0) is 4.79 Å². The lowest BCUT2D eigenvalue weighted by molar-refractivity contribution is -0.114. The van der Waals surface area contributed by atoms with Crippen LogP contribution in [0, 0.1) is 0 Å². The van der Waals surface area contributed by atoms with Crippen LogP contribution < -0.4 is 9.91 Å². The van der Waals surface area contributed by atoms with Crippen molar-refractivity contribution in [3.05, 3.63) is 65.7 Å². The van der Waals surface area contributed by atoms with Gasteiger partial charge in [-0.25, -0.2) is 0 Å². The fourth-order valence-electron chi connectivity index (χ4n) is 3.44. The van der Waals surface area contributed by atoms with Crippen LogP contribution in [0.4, 0.5) is 11.4 Å². The molecule has 3 rings (SSSR count). The van der Waals surface area contributed by atoms with Crippen molar-refractivity contribution in [2.24, 2.45) is 5.10 Å². The lowest BCUT2D eigenvalue weighted by Gasteiger charge is -2.24. The number of para-hydroxylation sites is 1. The number of carbonyl (C=O) groups excluding carboxylic acids is 1. The van der Waals surface area contributed by atoms with Crippen LogP contribution >= 0.6 is 0 Å². The Hall–Kier alpha value is -2.88. The van der Waals surface area contributed by atoms with E-state index in [-0.39, 0.29) is 5.91 Å². The molecule has 0 N–H and O–H groups in total. The molecule has 4 nitrogen and oxygen atoms in total. The third-order valence-electron chi connectivity index (χ3n) is 5.20. The van der Waals surface area contributed by atoms with Crippen LogP contribution in [0.15, 0.2) is 65.3 Å². The van der Waals surface area contributed by atoms with Crippen LogP contribution in [0.1, 0.15) is 52.0 Å². The van der Waals surface area contributed by atoms with Gasteiger partial charge in [-0.3, -0.25) is 4.79 Å². The van der Waals surface area contributed by atoms with Crippen LogP contribution in [-0.4, -0.2) is 24.7 Å². The molecule has 0 atom stereocenters. The fraction of sp³-hybridized carbons (Fsp3) is 0.360. The minimum Gasteiger partial charge on any atom is -0.372 e. The molecule has 0 bridgehead atoms. The van der Waals surface area contributed by atoms with Crippen molar-refractivity contribution in [2.75, 3.05) is 23.0 Å². The Morgan fingerprint density at radius 2 is 1.55 bits per heavy atom. The summed E-state index contributed by atoms with van der Waals surface area (Å²) in [5, 5.41) is 5.93. The quantitative estimate of drug-likeness (QED) is 0.501. The van der Waals surface area contributed by atoms with Crippen molar-refractivity contribution in [2.45, 2.75) is 46.5 Å². The van der Waals surface area contributed by atoms with Gasteiger partial charge in [-0.15, -0.1) is 0 Å². The molecule has 29 heavy (non-hydrogen) atoms. The first-order chi connectivity index (χ1) is 14.1. The third-order valence-corrected chi connectivity index (χ3v) is 5.20. The highest BCUT2D eigenvalue weighted by atomic mass is 16.2. The Labute approximate surface area is 174 Å². The first-order valence-corrected chi connectivity index (χ1v) is 10.7. The predicted octanol–water partition coefficient (Wildman–Crippen LogP) is 5.90. The number of unbranched alkanes of at least 4 members (excludes halogenated alkanes) is 2. The van der Waals surface area contributed by atoms with Gasteiger partial charge in [0.15, 0.2) is 0 Å². The number of rotatable bonds is 9. The zero-order valence-corrected chi connectivity index (χ0v) is 17.8. The molecule has 0 saturated carbocycles. The molecule has 0 radical (unpaired) electrons. The molecule has 152 valence electrons. The highest BCUT2D eigenvalue weighted by molar-refractivity contribution is 6.32.